The normalized spacial score (nSPS) is 23.8. The van der Waals surface area contributed by atoms with Crippen molar-refractivity contribution in [2.75, 3.05) is 26.2 Å². The van der Waals surface area contributed by atoms with Crippen molar-refractivity contribution in [3.8, 4) is 5.75 Å². The minimum Gasteiger partial charge on any atom is -0.480 e. The number of hydrogen-bond acceptors (Lipinski definition) is 4. The van der Waals surface area contributed by atoms with Crippen molar-refractivity contribution < 1.29 is 9.53 Å². The quantitative estimate of drug-likeness (QED) is 0.870. The number of H-pyrrole nitrogens is 1. The van der Waals surface area contributed by atoms with Crippen LogP contribution >= 0.6 is 0 Å². The SMILES string of the molecule is CCN1CCc2[nH]cnc2C12CCN(C(=O)[C@H]1CCc3ccccc3O1)CC2. The van der Waals surface area contributed by atoms with Crippen molar-refractivity contribution in [2.45, 2.75) is 50.7 Å². The number of carbonyl (C=O) groups excluding carboxylic acids is 1. The van der Waals surface area contributed by atoms with Gasteiger partial charge in [-0.1, -0.05) is 25.1 Å². The first-order valence-electron chi connectivity index (χ1n) is 10.5. The van der Waals surface area contributed by atoms with Gasteiger partial charge in [0.2, 0.25) is 0 Å². The van der Waals surface area contributed by atoms with Gasteiger partial charge in [0.25, 0.3) is 5.91 Å². The number of fused-ring (bicyclic) bond motifs is 3. The number of rotatable bonds is 2. The van der Waals surface area contributed by atoms with Crippen LogP contribution in [0.2, 0.25) is 0 Å². The van der Waals surface area contributed by atoms with E-state index < -0.39 is 0 Å². The van der Waals surface area contributed by atoms with Gasteiger partial charge in [-0.15, -0.1) is 0 Å². The molecule has 1 amide bonds. The lowest BCUT2D eigenvalue weighted by molar-refractivity contribution is -0.142. The highest BCUT2D eigenvalue weighted by Crippen LogP contribution is 2.42. The molecule has 1 aromatic carbocycles. The van der Waals surface area contributed by atoms with Gasteiger partial charge in [-0.2, -0.15) is 0 Å². The van der Waals surface area contributed by atoms with Gasteiger partial charge in [0.1, 0.15) is 5.75 Å². The number of imidazole rings is 1. The number of amides is 1. The first-order valence-corrected chi connectivity index (χ1v) is 10.5. The number of aromatic nitrogens is 2. The maximum Gasteiger partial charge on any atom is 0.263 e. The highest BCUT2D eigenvalue weighted by atomic mass is 16.5. The van der Waals surface area contributed by atoms with Crippen LogP contribution in [0.15, 0.2) is 30.6 Å². The Morgan fingerprint density at radius 3 is 2.89 bits per heavy atom. The summed E-state index contributed by atoms with van der Waals surface area (Å²) in [6.45, 7) is 5.83. The number of ether oxygens (including phenoxy) is 1. The monoisotopic (exact) mass is 380 g/mol. The Labute approximate surface area is 165 Å². The van der Waals surface area contributed by atoms with Gasteiger partial charge >= 0.3 is 0 Å². The Kier molecular flexibility index (Phi) is 4.38. The molecule has 1 fully saturated rings. The number of carbonyl (C=O) groups is 1. The standard InChI is InChI=1S/C22H28N4O2/c1-2-26-12-9-17-20(24-15-23-17)22(26)10-13-25(14-11-22)21(27)19-8-7-16-5-3-4-6-18(16)28-19/h3-6,15,19H,2,7-14H2,1H3,(H,23,24)/t19-/m1/s1. The summed E-state index contributed by atoms with van der Waals surface area (Å²) in [6.07, 6.45) is 6.06. The van der Waals surface area contributed by atoms with E-state index in [2.05, 4.69) is 22.9 Å². The number of benzene rings is 1. The molecule has 1 spiro atoms. The average Bonchev–Trinajstić information content (AvgIpc) is 3.24. The topological polar surface area (TPSA) is 61.5 Å². The Morgan fingerprint density at radius 2 is 2.07 bits per heavy atom. The molecule has 0 aliphatic carbocycles. The summed E-state index contributed by atoms with van der Waals surface area (Å²) in [5.41, 5.74) is 3.65. The molecule has 1 aromatic heterocycles. The summed E-state index contributed by atoms with van der Waals surface area (Å²) in [5, 5.41) is 0. The molecule has 4 heterocycles. The van der Waals surface area contributed by atoms with Gasteiger partial charge in [-0.05, 0) is 43.9 Å². The van der Waals surface area contributed by atoms with Crippen LogP contribution in [-0.4, -0.2) is 58.0 Å². The molecule has 1 N–H and O–H groups in total. The molecule has 3 aliphatic heterocycles. The molecule has 1 atom stereocenters. The van der Waals surface area contributed by atoms with Crippen LogP contribution in [0.25, 0.3) is 0 Å². The van der Waals surface area contributed by atoms with Crippen molar-refractivity contribution in [1.29, 1.82) is 0 Å². The number of likely N-dealkylation sites (tertiary alicyclic amines) is 1. The molecule has 148 valence electrons. The summed E-state index contributed by atoms with van der Waals surface area (Å²) in [6, 6.07) is 8.06. The fourth-order valence-electron chi connectivity index (χ4n) is 5.34. The van der Waals surface area contributed by atoms with Gasteiger partial charge in [0.15, 0.2) is 6.10 Å². The number of nitrogens with zero attached hydrogens (tertiary/aromatic N) is 3. The molecule has 6 heteroatoms. The lowest BCUT2D eigenvalue weighted by atomic mass is 9.78. The zero-order chi connectivity index (χ0) is 19.1. The van der Waals surface area contributed by atoms with E-state index in [1.165, 1.54) is 17.0 Å². The van der Waals surface area contributed by atoms with E-state index in [1.807, 2.05) is 29.4 Å². The highest BCUT2D eigenvalue weighted by Gasteiger charge is 2.47. The molecule has 0 saturated carbocycles. The summed E-state index contributed by atoms with van der Waals surface area (Å²) in [5.74, 6) is 1.01. The van der Waals surface area contributed by atoms with Gasteiger partial charge in [-0.25, -0.2) is 4.98 Å². The number of aromatic amines is 1. The second-order valence-electron chi connectivity index (χ2n) is 8.17. The summed E-state index contributed by atoms with van der Waals surface area (Å²) >= 11 is 0. The number of hydrogen-bond donors (Lipinski definition) is 1. The Hall–Kier alpha value is -2.34. The van der Waals surface area contributed by atoms with Crippen molar-refractivity contribution in [3.63, 3.8) is 0 Å². The molecule has 0 bridgehead atoms. The predicted octanol–water partition coefficient (Wildman–Crippen LogP) is 2.50. The number of piperidine rings is 1. The molecule has 28 heavy (non-hydrogen) atoms. The van der Waals surface area contributed by atoms with Crippen LogP contribution < -0.4 is 4.74 Å². The van der Waals surface area contributed by atoms with Crippen LogP contribution in [0.4, 0.5) is 0 Å². The number of para-hydroxylation sites is 1. The number of likely N-dealkylation sites (N-methyl/N-ethyl adjacent to an activating group) is 1. The van der Waals surface area contributed by atoms with Gasteiger partial charge in [-0.3, -0.25) is 9.69 Å². The fourth-order valence-corrected chi connectivity index (χ4v) is 5.34. The molecule has 6 nitrogen and oxygen atoms in total. The maximum absolute atomic E-state index is 13.1. The van der Waals surface area contributed by atoms with Crippen molar-refractivity contribution in [3.05, 3.63) is 47.5 Å². The van der Waals surface area contributed by atoms with Gasteiger partial charge in [0, 0.05) is 31.7 Å². The van der Waals surface area contributed by atoms with Crippen LogP contribution in [-0.2, 0) is 23.2 Å². The van der Waals surface area contributed by atoms with Crippen molar-refractivity contribution in [1.82, 2.24) is 19.8 Å². The maximum atomic E-state index is 13.1. The third-order valence-electron chi connectivity index (χ3n) is 6.87. The van der Waals surface area contributed by atoms with E-state index >= 15 is 0 Å². The van der Waals surface area contributed by atoms with E-state index in [-0.39, 0.29) is 17.6 Å². The summed E-state index contributed by atoms with van der Waals surface area (Å²) in [7, 11) is 0. The Bertz CT molecular complexity index is 869. The predicted molar refractivity (Wildman–Crippen MR) is 106 cm³/mol. The first kappa shape index (κ1) is 17.7. The molecule has 2 aromatic rings. The van der Waals surface area contributed by atoms with Crippen LogP contribution in [0.1, 0.15) is 43.1 Å². The van der Waals surface area contributed by atoms with Crippen molar-refractivity contribution >= 4 is 5.91 Å². The molecule has 3 aliphatic rings. The summed E-state index contributed by atoms with van der Waals surface area (Å²) < 4.78 is 6.05. The first-order chi connectivity index (χ1) is 13.7. The third-order valence-corrected chi connectivity index (χ3v) is 6.87. The minimum atomic E-state index is -0.349. The van der Waals surface area contributed by atoms with Crippen LogP contribution in [0.3, 0.4) is 0 Å². The Balaban J connectivity index is 1.31. The molecule has 0 radical (unpaired) electrons. The molecule has 1 saturated heterocycles. The van der Waals surface area contributed by atoms with Crippen LogP contribution in [0.5, 0.6) is 5.75 Å². The highest BCUT2D eigenvalue weighted by molar-refractivity contribution is 5.81. The van der Waals surface area contributed by atoms with Gasteiger partial charge < -0.3 is 14.6 Å². The lowest BCUT2D eigenvalue weighted by Gasteiger charge is -2.50. The smallest absolute Gasteiger partial charge is 0.263 e. The molecule has 5 rings (SSSR count). The van der Waals surface area contributed by atoms with Crippen LogP contribution in [0, 0.1) is 0 Å². The van der Waals surface area contributed by atoms with Crippen molar-refractivity contribution in [2.24, 2.45) is 0 Å². The van der Waals surface area contributed by atoms with Gasteiger partial charge in [0.05, 0.1) is 17.6 Å². The number of nitrogens with one attached hydrogen (secondary N) is 1. The van der Waals surface area contributed by atoms with E-state index in [9.17, 15) is 4.79 Å². The van der Waals surface area contributed by atoms with E-state index in [0.29, 0.717) is 0 Å². The zero-order valence-electron chi connectivity index (χ0n) is 16.5. The molecular weight excluding hydrogens is 352 g/mol. The summed E-state index contributed by atoms with van der Waals surface area (Å²) in [4.78, 5) is 25.7. The minimum absolute atomic E-state index is 0.0286. The largest absolute Gasteiger partial charge is 0.480 e. The third kappa shape index (κ3) is 2.73. The molecular formula is C22H28N4O2. The lowest BCUT2D eigenvalue weighted by Crippen LogP contribution is -2.58. The number of aryl methyl sites for hydroxylation is 1. The van der Waals surface area contributed by atoms with E-state index in [0.717, 1.165) is 64.0 Å². The Morgan fingerprint density at radius 1 is 1.25 bits per heavy atom. The average molecular weight is 380 g/mol. The molecule has 0 unspecified atom stereocenters. The second kappa shape index (κ2) is 6.92. The zero-order valence-corrected chi connectivity index (χ0v) is 16.5. The second-order valence-corrected chi connectivity index (χ2v) is 8.17. The van der Waals surface area contributed by atoms with E-state index in [4.69, 9.17) is 9.72 Å². The van der Waals surface area contributed by atoms with E-state index in [1.54, 1.807) is 0 Å². The fraction of sp³-hybridized carbons (Fsp3) is 0.545.